The van der Waals surface area contributed by atoms with Crippen molar-refractivity contribution in [3.8, 4) is 0 Å². The van der Waals surface area contributed by atoms with E-state index in [0.29, 0.717) is 0 Å². The van der Waals surface area contributed by atoms with Crippen molar-refractivity contribution in [3.63, 3.8) is 0 Å². The molecule has 0 saturated heterocycles. The first-order valence-electron chi connectivity index (χ1n) is 4.02. The van der Waals surface area contributed by atoms with Crippen molar-refractivity contribution in [3.05, 3.63) is 0 Å². The van der Waals surface area contributed by atoms with Gasteiger partial charge >= 0.3 is 5.97 Å². The smallest absolute Gasteiger partial charge is 0.306 e. The third-order valence-corrected chi connectivity index (χ3v) is 1.10. The van der Waals surface area contributed by atoms with Crippen LogP contribution in [-0.2, 0) is 14.3 Å². The highest BCUT2D eigenvalue weighted by molar-refractivity contribution is 5.81. The minimum atomic E-state index is -0.451. The van der Waals surface area contributed by atoms with Crippen molar-refractivity contribution in [1.29, 1.82) is 0 Å². The van der Waals surface area contributed by atoms with Gasteiger partial charge in [0.1, 0.15) is 11.4 Å². The average Bonchev–Trinajstić information content (AvgIpc) is 1.79. The van der Waals surface area contributed by atoms with Crippen LogP contribution in [0.5, 0.6) is 0 Å². The number of Topliss-reactive ketones (excluding diaryl/α,β-unsaturated/α-hetero) is 1. The lowest BCUT2D eigenvalue weighted by molar-refractivity contribution is -0.155. The van der Waals surface area contributed by atoms with Crippen LogP contribution in [0.1, 0.15) is 40.5 Å². The molecule has 0 aromatic carbocycles. The van der Waals surface area contributed by atoms with E-state index in [1.165, 1.54) is 6.92 Å². The molecular weight excluding hydrogens is 156 g/mol. The summed E-state index contributed by atoms with van der Waals surface area (Å²) in [4.78, 5) is 21.5. The molecule has 3 heteroatoms. The largest absolute Gasteiger partial charge is 0.460 e. The molecule has 0 amide bonds. The lowest BCUT2D eigenvalue weighted by atomic mass is 10.2. The maximum atomic E-state index is 11.0. The highest BCUT2D eigenvalue weighted by atomic mass is 16.6. The van der Waals surface area contributed by atoms with Gasteiger partial charge in [0.05, 0.1) is 6.42 Å². The molecule has 0 aromatic heterocycles. The fraction of sp³-hybridized carbons (Fsp3) is 0.778. The highest BCUT2D eigenvalue weighted by Gasteiger charge is 2.15. The zero-order chi connectivity index (χ0) is 9.78. The Bertz CT molecular complexity index is 177. The van der Waals surface area contributed by atoms with E-state index in [1.54, 1.807) is 20.8 Å². The second-order valence-corrected chi connectivity index (χ2v) is 3.79. The van der Waals surface area contributed by atoms with Crippen LogP contribution in [0.2, 0.25) is 0 Å². The Kier molecular flexibility index (Phi) is 3.93. The number of hydrogen-bond donors (Lipinski definition) is 0. The molecule has 0 saturated carbocycles. The summed E-state index contributed by atoms with van der Waals surface area (Å²) in [6.07, 6.45) is 0.460. The van der Waals surface area contributed by atoms with Gasteiger partial charge in [0, 0.05) is 6.42 Å². The number of rotatable bonds is 3. The molecule has 0 atom stereocenters. The maximum Gasteiger partial charge on any atom is 0.306 e. The minimum absolute atomic E-state index is 0.0147. The van der Waals surface area contributed by atoms with Crippen LogP contribution in [0.3, 0.4) is 0 Å². The summed E-state index contributed by atoms with van der Waals surface area (Å²) in [5, 5.41) is 0. The summed E-state index contributed by atoms with van der Waals surface area (Å²) in [6.45, 7) is 6.88. The van der Waals surface area contributed by atoms with Crippen LogP contribution in [0, 0.1) is 0 Å². The average molecular weight is 172 g/mol. The van der Waals surface area contributed by atoms with Gasteiger partial charge in [-0.3, -0.25) is 4.79 Å². The molecule has 0 fully saturated rings. The van der Waals surface area contributed by atoms with E-state index in [9.17, 15) is 9.59 Å². The Morgan fingerprint density at radius 1 is 1.17 bits per heavy atom. The summed E-state index contributed by atoms with van der Waals surface area (Å²) < 4.78 is 5.00. The van der Waals surface area contributed by atoms with E-state index in [0.717, 1.165) is 0 Å². The summed E-state index contributed by atoms with van der Waals surface area (Å²) in [5.74, 6) is -0.293. The van der Waals surface area contributed by atoms with Crippen molar-refractivity contribution in [2.45, 2.75) is 46.1 Å². The second kappa shape index (κ2) is 4.24. The number of hydrogen-bond acceptors (Lipinski definition) is 3. The molecule has 0 aliphatic heterocycles. The molecule has 0 aromatic rings. The standard InChI is InChI=1S/C9H16O3/c1-7(10)5-6-8(11)12-9(2,3)4/h5-6H2,1-4H3. The van der Waals surface area contributed by atoms with Gasteiger partial charge in [0.25, 0.3) is 0 Å². The summed E-state index contributed by atoms with van der Waals surface area (Å²) in [5.41, 5.74) is -0.451. The monoisotopic (exact) mass is 172 g/mol. The Balaban J connectivity index is 3.68. The van der Waals surface area contributed by atoms with Gasteiger partial charge in [0.15, 0.2) is 0 Å². The van der Waals surface area contributed by atoms with Crippen molar-refractivity contribution in [2.24, 2.45) is 0 Å². The fourth-order valence-corrected chi connectivity index (χ4v) is 0.671. The normalized spacial score (nSPS) is 11.0. The van der Waals surface area contributed by atoms with E-state index < -0.39 is 5.60 Å². The fourth-order valence-electron chi connectivity index (χ4n) is 0.671. The molecule has 0 spiro atoms. The topological polar surface area (TPSA) is 43.4 Å². The van der Waals surface area contributed by atoms with Crippen LogP contribution in [0.15, 0.2) is 0 Å². The van der Waals surface area contributed by atoms with E-state index >= 15 is 0 Å². The molecular formula is C9H16O3. The van der Waals surface area contributed by atoms with E-state index in [-0.39, 0.29) is 24.6 Å². The van der Waals surface area contributed by atoms with E-state index in [4.69, 9.17) is 4.74 Å². The second-order valence-electron chi connectivity index (χ2n) is 3.79. The van der Waals surface area contributed by atoms with Crippen LogP contribution < -0.4 is 0 Å². The van der Waals surface area contributed by atoms with Gasteiger partial charge in [-0.05, 0) is 27.7 Å². The first-order valence-corrected chi connectivity index (χ1v) is 4.02. The minimum Gasteiger partial charge on any atom is -0.460 e. The summed E-state index contributed by atoms with van der Waals surface area (Å²) in [7, 11) is 0. The Hall–Kier alpha value is -0.860. The number of carbonyl (C=O) groups is 2. The number of carbonyl (C=O) groups excluding carboxylic acids is 2. The first-order chi connectivity index (χ1) is 5.31. The van der Waals surface area contributed by atoms with Crippen LogP contribution in [0.4, 0.5) is 0 Å². The third-order valence-electron chi connectivity index (χ3n) is 1.10. The third kappa shape index (κ3) is 7.25. The Morgan fingerprint density at radius 3 is 2.00 bits per heavy atom. The molecule has 0 unspecified atom stereocenters. The van der Waals surface area contributed by atoms with Crippen molar-refractivity contribution in [1.82, 2.24) is 0 Å². The molecule has 0 rings (SSSR count). The van der Waals surface area contributed by atoms with Crippen LogP contribution in [0.25, 0.3) is 0 Å². The quantitative estimate of drug-likeness (QED) is 0.608. The number of esters is 1. The SMILES string of the molecule is CC(=O)CCC(=O)OC(C)(C)C. The summed E-state index contributed by atoms with van der Waals surface area (Å²) >= 11 is 0. The van der Waals surface area contributed by atoms with Gasteiger partial charge in [-0.2, -0.15) is 0 Å². The molecule has 12 heavy (non-hydrogen) atoms. The highest BCUT2D eigenvalue weighted by Crippen LogP contribution is 2.08. The molecule has 0 bridgehead atoms. The lowest BCUT2D eigenvalue weighted by Crippen LogP contribution is -2.23. The van der Waals surface area contributed by atoms with Gasteiger partial charge in [-0.25, -0.2) is 0 Å². The molecule has 0 aliphatic rings. The summed E-state index contributed by atoms with van der Waals surface area (Å²) in [6, 6.07) is 0. The Morgan fingerprint density at radius 2 is 1.67 bits per heavy atom. The predicted octanol–water partition coefficient (Wildman–Crippen LogP) is 1.70. The van der Waals surface area contributed by atoms with Gasteiger partial charge in [-0.1, -0.05) is 0 Å². The number of ketones is 1. The molecule has 0 aliphatic carbocycles. The van der Waals surface area contributed by atoms with E-state index in [2.05, 4.69) is 0 Å². The molecule has 3 nitrogen and oxygen atoms in total. The van der Waals surface area contributed by atoms with Crippen molar-refractivity contribution >= 4 is 11.8 Å². The van der Waals surface area contributed by atoms with Crippen LogP contribution in [-0.4, -0.2) is 17.4 Å². The van der Waals surface area contributed by atoms with Crippen molar-refractivity contribution < 1.29 is 14.3 Å². The van der Waals surface area contributed by atoms with Crippen LogP contribution >= 0.6 is 0 Å². The zero-order valence-corrected chi connectivity index (χ0v) is 8.14. The van der Waals surface area contributed by atoms with Gasteiger partial charge in [0.2, 0.25) is 0 Å². The Labute approximate surface area is 73.1 Å². The van der Waals surface area contributed by atoms with Gasteiger partial charge < -0.3 is 9.53 Å². The maximum absolute atomic E-state index is 11.0. The molecule has 0 radical (unpaired) electrons. The van der Waals surface area contributed by atoms with Gasteiger partial charge in [-0.15, -0.1) is 0 Å². The molecule has 0 N–H and O–H groups in total. The number of ether oxygens (including phenoxy) is 1. The molecule has 0 heterocycles. The predicted molar refractivity (Wildman–Crippen MR) is 45.8 cm³/mol. The molecule has 70 valence electrons. The zero-order valence-electron chi connectivity index (χ0n) is 8.14. The van der Waals surface area contributed by atoms with E-state index in [1.807, 2.05) is 0 Å². The van der Waals surface area contributed by atoms with Crippen molar-refractivity contribution in [2.75, 3.05) is 0 Å². The lowest BCUT2D eigenvalue weighted by Gasteiger charge is -2.19. The first kappa shape index (κ1) is 11.1.